The second kappa shape index (κ2) is 8.75. The van der Waals surface area contributed by atoms with E-state index in [4.69, 9.17) is 14.2 Å². The van der Waals surface area contributed by atoms with Crippen molar-refractivity contribution in [3.63, 3.8) is 0 Å². The van der Waals surface area contributed by atoms with Gasteiger partial charge in [0.15, 0.2) is 5.13 Å². The number of hydrogen-bond donors (Lipinski definition) is 1. The number of thiazole rings is 1. The van der Waals surface area contributed by atoms with E-state index in [9.17, 15) is 4.79 Å². The van der Waals surface area contributed by atoms with Gasteiger partial charge in [0.2, 0.25) is 5.88 Å². The number of nitrogens with zero attached hydrogens (tertiary/aromatic N) is 2. The minimum atomic E-state index is -0.251. The lowest BCUT2D eigenvalue weighted by atomic mass is 9.91. The third-order valence-corrected chi connectivity index (χ3v) is 5.95. The van der Waals surface area contributed by atoms with Gasteiger partial charge in [-0.25, -0.2) is 9.97 Å². The lowest BCUT2D eigenvalue weighted by Crippen LogP contribution is -2.14. The van der Waals surface area contributed by atoms with E-state index in [0.717, 1.165) is 36.3 Å². The Morgan fingerprint density at radius 2 is 2.14 bits per heavy atom. The summed E-state index contributed by atoms with van der Waals surface area (Å²) < 4.78 is 17.4. The summed E-state index contributed by atoms with van der Waals surface area (Å²) >= 11 is 1.47. The molecule has 1 aliphatic rings. The SMILES string of the molecule is CCOc1cc(C(=O)Nc2nc3c(OC)ccc(C4CCOCC4)c3s2)ccn1. The van der Waals surface area contributed by atoms with Crippen molar-refractivity contribution in [1.82, 2.24) is 9.97 Å². The van der Waals surface area contributed by atoms with Crippen molar-refractivity contribution in [3.8, 4) is 11.6 Å². The van der Waals surface area contributed by atoms with Crippen LogP contribution in [0, 0.1) is 0 Å². The van der Waals surface area contributed by atoms with E-state index in [1.807, 2.05) is 13.0 Å². The molecule has 1 fully saturated rings. The van der Waals surface area contributed by atoms with Crippen LogP contribution < -0.4 is 14.8 Å². The Kier molecular flexibility index (Phi) is 5.92. The molecule has 0 spiro atoms. The molecule has 1 saturated heterocycles. The predicted molar refractivity (Wildman–Crippen MR) is 112 cm³/mol. The highest BCUT2D eigenvalue weighted by Crippen LogP contribution is 2.40. The fraction of sp³-hybridized carbons (Fsp3) is 0.381. The first-order chi connectivity index (χ1) is 14.2. The number of anilines is 1. The standard InChI is InChI=1S/C21H23N3O4S/c1-3-28-17-12-14(6-9-22-17)20(25)24-21-23-18-16(26-2)5-4-15(19(18)29-21)13-7-10-27-11-8-13/h4-6,9,12-13H,3,7-8,10-11H2,1-2H3,(H,23,24,25). The first-order valence-corrected chi connectivity index (χ1v) is 10.5. The van der Waals surface area contributed by atoms with Crippen molar-refractivity contribution < 1.29 is 19.0 Å². The first kappa shape index (κ1) is 19.6. The molecule has 29 heavy (non-hydrogen) atoms. The smallest absolute Gasteiger partial charge is 0.257 e. The second-order valence-electron chi connectivity index (χ2n) is 6.71. The zero-order chi connectivity index (χ0) is 20.2. The Labute approximate surface area is 173 Å². The maximum absolute atomic E-state index is 12.7. The van der Waals surface area contributed by atoms with Crippen molar-refractivity contribution in [2.24, 2.45) is 0 Å². The van der Waals surface area contributed by atoms with E-state index in [2.05, 4.69) is 21.4 Å². The molecule has 0 bridgehead atoms. The van der Waals surface area contributed by atoms with E-state index in [-0.39, 0.29) is 5.91 Å². The molecule has 0 aliphatic carbocycles. The minimum absolute atomic E-state index is 0.251. The van der Waals surface area contributed by atoms with Crippen LogP contribution in [0.5, 0.6) is 11.6 Å². The van der Waals surface area contributed by atoms with Crippen molar-refractivity contribution in [1.29, 1.82) is 0 Å². The molecule has 1 amide bonds. The molecular formula is C21H23N3O4S. The summed E-state index contributed by atoms with van der Waals surface area (Å²) in [4.78, 5) is 21.5. The topological polar surface area (TPSA) is 82.6 Å². The molecular weight excluding hydrogens is 390 g/mol. The normalized spacial score (nSPS) is 14.7. The Morgan fingerprint density at radius 3 is 2.90 bits per heavy atom. The number of methoxy groups -OCH3 is 1. The number of benzene rings is 1. The van der Waals surface area contributed by atoms with Gasteiger partial charge in [-0.05, 0) is 43.4 Å². The van der Waals surface area contributed by atoms with Gasteiger partial charge in [0.05, 0.1) is 18.4 Å². The molecule has 0 saturated carbocycles. The lowest BCUT2D eigenvalue weighted by molar-refractivity contribution is 0.0856. The van der Waals surface area contributed by atoms with E-state index in [0.29, 0.717) is 34.8 Å². The summed E-state index contributed by atoms with van der Waals surface area (Å²) in [7, 11) is 1.63. The molecule has 1 N–H and O–H groups in total. The molecule has 1 aliphatic heterocycles. The monoisotopic (exact) mass is 413 g/mol. The van der Waals surface area contributed by atoms with Crippen LogP contribution in [0.3, 0.4) is 0 Å². The molecule has 1 aromatic carbocycles. The van der Waals surface area contributed by atoms with Crippen LogP contribution in [0.2, 0.25) is 0 Å². The molecule has 8 heteroatoms. The summed E-state index contributed by atoms with van der Waals surface area (Å²) in [6.45, 7) is 3.90. The highest BCUT2D eigenvalue weighted by molar-refractivity contribution is 7.22. The minimum Gasteiger partial charge on any atom is -0.494 e. The third-order valence-electron chi connectivity index (χ3n) is 4.93. The molecule has 7 nitrogen and oxygen atoms in total. The van der Waals surface area contributed by atoms with Gasteiger partial charge >= 0.3 is 0 Å². The molecule has 152 valence electrons. The predicted octanol–water partition coefficient (Wildman–Crippen LogP) is 4.24. The Morgan fingerprint density at radius 1 is 1.31 bits per heavy atom. The number of aromatic nitrogens is 2. The van der Waals surface area contributed by atoms with Gasteiger partial charge in [0.1, 0.15) is 11.3 Å². The quantitative estimate of drug-likeness (QED) is 0.651. The van der Waals surface area contributed by atoms with Crippen LogP contribution in [0.4, 0.5) is 5.13 Å². The summed E-state index contributed by atoms with van der Waals surface area (Å²) in [5, 5.41) is 3.44. The van der Waals surface area contributed by atoms with Crippen LogP contribution in [0.15, 0.2) is 30.5 Å². The van der Waals surface area contributed by atoms with E-state index < -0.39 is 0 Å². The summed E-state index contributed by atoms with van der Waals surface area (Å²) in [6, 6.07) is 7.34. The number of rotatable bonds is 6. The highest BCUT2D eigenvalue weighted by Gasteiger charge is 2.22. The summed E-state index contributed by atoms with van der Waals surface area (Å²) in [6.07, 6.45) is 3.53. The van der Waals surface area contributed by atoms with Crippen molar-refractivity contribution in [3.05, 3.63) is 41.6 Å². The average Bonchev–Trinajstić information content (AvgIpc) is 3.17. The number of amides is 1. The second-order valence-corrected chi connectivity index (χ2v) is 7.71. The summed E-state index contributed by atoms with van der Waals surface area (Å²) in [5.74, 6) is 1.30. The van der Waals surface area contributed by atoms with Crippen LogP contribution >= 0.6 is 11.3 Å². The van der Waals surface area contributed by atoms with Crippen LogP contribution in [0.1, 0.15) is 41.6 Å². The fourth-order valence-corrected chi connectivity index (χ4v) is 4.57. The Bertz CT molecular complexity index is 1010. The van der Waals surface area contributed by atoms with E-state index >= 15 is 0 Å². The number of pyridine rings is 1. The molecule has 4 rings (SSSR count). The van der Waals surface area contributed by atoms with E-state index in [1.54, 1.807) is 25.4 Å². The fourth-order valence-electron chi connectivity index (χ4n) is 3.50. The first-order valence-electron chi connectivity index (χ1n) is 9.65. The number of carbonyl (C=O) groups is 1. The zero-order valence-corrected chi connectivity index (χ0v) is 17.3. The highest BCUT2D eigenvalue weighted by atomic mass is 32.1. The number of hydrogen-bond acceptors (Lipinski definition) is 7. The molecule has 3 heterocycles. The maximum Gasteiger partial charge on any atom is 0.257 e. The average molecular weight is 413 g/mol. The van der Waals surface area contributed by atoms with Gasteiger partial charge in [-0.3, -0.25) is 10.1 Å². The molecule has 0 radical (unpaired) electrons. The number of nitrogens with one attached hydrogen (secondary N) is 1. The Hall–Kier alpha value is -2.71. The molecule has 3 aromatic rings. The zero-order valence-electron chi connectivity index (χ0n) is 16.4. The van der Waals surface area contributed by atoms with Crippen LogP contribution in [0.25, 0.3) is 10.2 Å². The van der Waals surface area contributed by atoms with Gasteiger partial charge in [0, 0.05) is 31.0 Å². The summed E-state index contributed by atoms with van der Waals surface area (Å²) in [5.41, 5.74) is 2.49. The Balaban J connectivity index is 1.64. The third kappa shape index (κ3) is 4.18. The lowest BCUT2D eigenvalue weighted by Gasteiger charge is -2.23. The van der Waals surface area contributed by atoms with Gasteiger partial charge in [-0.15, -0.1) is 0 Å². The van der Waals surface area contributed by atoms with Crippen LogP contribution in [-0.4, -0.2) is 42.8 Å². The number of ether oxygens (including phenoxy) is 3. The van der Waals surface area contributed by atoms with Gasteiger partial charge in [-0.1, -0.05) is 17.4 Å². The van der Waals surface area contributed by atoms with Gasteiger partial charge in [-0.2, -0.15) is 0 Å². The molecule has 2 aromatic heterocycles. The van der Waals surface area contributed by atoms with Crippen LogP contribution in [-0.2, 0) is 4.74 Å². The van der Waals surface area contributed by atoms with Gasteiger partial charge < -0.3 is 14.2 Å². The molecule has 0 atom stereocenters. The number of carbonyl (C=O) groups excluding carboxylic acids is 1. The van der Waals surface area contributed by atoms with E-state index in [1.165, 1.54) is 16.9 Å². The van der Waals surface area contributed by atoms with Crippen molar-refractivity contribution in [2.75, 3.05) is 32.2 Å². The van der Waals surface area contributed by atoms with Crippen molar-refractivity contribution >= 4 is 32.6 Å². The maximum atomic E-state index is 12.7. The molecule has 0 unspecified atom stereocenters. The largest absolute Gasteiger partial charge is 0.494 e. The van der Waals surface area contributed by atoms with Crippen molar-refractivity contribution in [2.45, 2.75) is 25.7 Å². The number of fused-ring (bicyclic) bond motifs is 1. The van der Waals surface area contributed by atoms with Gasteiger partial charge in [0.25, 0.3) is 5.91 Å².